The largest absolute Gasteiger partial charge is 0.394 e. The molecular formula is C16H15F3N2O3. The topological polar surface area (TPSA) is 75.4 Å². The zero-order chi connectivity index (χ0) is 17.9. The van der Waals surface area contributed by atoms with Gasteiger partial charge >= 0.3 is 0 Å². The van der Waals surface area contributed by atoms with Gasteiger partial charge in [-0.3, -0.25) is 10.1 Å². The van der Waals surface area contributed by atoms with Gasteiger partial charge in [0.25, 0.3) is 5.69 Å². The van der Waals surface area contributed by atoms with Crippen molar-refractivity contribution in [1.82, 2.24) is 5.32 Å². The van der Waals surface area contributed by atoms with Crippen LogP contribution in [0.4, 0.5) is 18.9 Å². The van der Waals surface area contributed by atoms with Gasteiger partial charge in [0, 0.05) is 18.2 Å². The number of benzene rings is 2. The van der Waals surface area contributed by atoms with Crippen LogP contribution in [0.15, 0.2) is 36.4 Å². The number of aliphatic hydroxyl groups excluding tert-OH is 1. The molecule has 5 nitrogen and oxygen atoms in total. The van der Waals surface area contributed by atoms with Gasteiger partial charge in [-0.05, 0) is 30.2 Å². The lowest BCUT2D eigenvalue weighted by molar-refractivity contribution is -0.384. The van der Waals surface area contributed by atoms with E-state index in [0.29, 0.717) is 5.56 Å². The van der Waals surface area contributed by atoms with Crippen LogP contribution in [0.1, 0.15) is 30.1 Å². The molecule has 128 valence electrons. The Labute approximate surface area is 135 Å². The fraction of sp³-hybridized carbons (Fsp3) is 0.250. The Morgan fingerprint density at radius 2 is 1.67 bits per heavy atom. The minimum atomic E-state index is -1.57. The van der Waals surface area contributed by atoms with Crippen LogP contribution in [0.2, 0.25) is 0 Å². The van der Waals surface area contributed by atoms with Crippen LogP contribution in [0, 0.1) is 27.6 Å². The van der Waals surface area contributed by atoms with Gasteiger partial charge in [-0.15, -0.1) is 0 Å². The molecule has 2 N–H and O–H groups in total. The summed E-state index contributed by atoms with van der Waals surface area (Å²) in [4.78, 5) is 10.1. The summed E-state index contributed by atoms with van der Waals surface area (Å²) < 4.78 is 39.7. The molecule has 0 saturated carbocycles. The molecule has 0 aliphatic rings. The van der Waals surface area contributed by atoms with Crippen LogP contribution in [0.5, 0.6) is 0 Å². The van der Waals surface area contributed by atoms with E-state index < -0.39 is 35.0 Å². The number of non-ortho nitro benzene ring substituents is 1. The highest BCUT2D eigenvalue weighted by molar-refractivity contribution is 5.34. The van der Waals surface area contributed by atoms with Crippen molar-refractivity contribution >= 4 is 5.69 Å². The van der Waals surface area contributed by atoms with Crippen molar-refractivity contribution in [3.8, 4) is 0 Å². The lowest BCUT2D eigenvalue weighted by Crippen LogP contribution is -2.27. The average Bonchev–Trinajstić information content (AvgIpc) is 2.56. The fourth-order valence-corrected chi connectivity index (χ4v) is 2.31. The third-order valence-corrected chi connectivity index (χ3v) is 3.65. The number of rotatable bonds is 6. The Morgan fingerprint density at radius 3 is 2.12 bits per heavy atom. The molecule has 2 aromatic carbocycles. The highest BCUT2D eigenvalue weighted by Gasteiger charge is 2.19. The SMILES string of the molecule is CC(NC(CO)c1cc(F)c(F)c(F)c1)c1ccc([N+](=O)[O-])cc1. The Morgan fingerprint density at radius 1 is 1.12 bits per heavy atom. The van der Waals surface area contributed by atoms with Gasteiger partial charge < -0.3 is 10.4 Å². The molecule has 0 aliphatic carbocycles. The summed E-state index contributed by atoms with van der Waals surface area (Å²) in [5, 5.41) is 23.0. The molecule has 2 aromatic rings. The highest BCUT2D eigenvalue weighted by atomic mass is 19.2. The first kappa shape index (κ1) is 17.9. The summed E-state index contributed by atoms with van der Waals surface area (Å²) in [5.41, 5.74) is 0.678. The normalized spacial score (nSPS) is 13.5. The summed E-state index contributed by atoms with van der Waals surface area (Å²) in [6.07, 6.45) is 0. The second-order valence-electron chi connectivity index (χ2n) is 5.27. The molecule has 0 radical (unpaired) electrons. The van der Waals surface area contributed by atoms with E-state index in [4.69, 9.17) is 0 Å². The lowest BCUT2D eigenvalue weighted by atomic mass is 10.0. The molecule has 0 aromatic heterocycles. The van der Waals surface area contributed by atoms with Crippen molar-refractivity contribution in [3.63, 3.8) is 0 Å². The van der Waals surface area contributed by atoms with Crippen molar-refractivity contribution in [3.05, 3.63) is 75.1 Å². The van der Waals surface area contributed by atoms with E-state index in [1.54, 1.807) is 6.92 Å². The van der Waals surface area contributed by atoms with Crippen molar-refractivity contribution in [1.29, 1.82) is 0 Å². The minimum Gasteiger partial charge on any atom is -0.394 e. The fourth-order valence-electron chi connectivity index (χ4n) is 2.31. The van der Waals surface area contributed by atoms with Crippen LogP contribution in [0.3, 0.4) is 0 Å². The number of nitrogens with zero attached hydrogens (tertiary/aromatic N) is 1. The maximum atomic E-state index is 13.3. The molecule has 0 amide bonds. The smallest absolute Gasteiger partial charge is 0.269 e. The van der Waals surface area contributed by atoms with Crippen LogP contribution < -0.4 is 5.32 Å². The van der Waals surface area contributed by atoms with E-state index in [9.17, 15) is 28.4 Å². The van der Waals surface area contributed by atoms with Crippen LogP contribution in [0.25, 0.3) is 0 Å². The van der Waals surface area contributed by atoms with Gasteiger partial charge in [0.05, 0.1) is 17.6 Å². The number of nitro groups is 1. The van der Waals surface area contributed by atoms with Crippen molar-refractivity contribution in [2.45, 2.75) is 19.0 Å². The Bertz CT molecular complexity index is 715. The molecule has 2 atom stereocenters. The molecule has 2 rings (SSSR count). The number of halogens is 3. The second-order valence-corrected chi connectivity index (χ2v) is 5.27. The summed E-state index contributed by atoms with van der Waals surface area (Å²) in [6, 6.07) is 6.16. The Balaban J connectivity index is 2.19. The number of nitrogens with one attached hydrogen (secondary N) is 1. The van der Waals surface area contributed by atoms with Crippen LogP contribution >= 0.6 is 0 Å². The molecular weight excluding hydrogens is 325 g/mol. The van der Waals surface area contributed by atoms with E-state index >= 15 is 0 Å². The lowest BCUT2D eigenvalue weighted by Gasteiger charge is -2.22. The second kappa shape index (κ2) is 7.41. The molecule has 0 saturated heterocycles. The standard InChI is InChI=1S/C16H15F3N2O3/c1-9(10-2-4-12(5-3-10)21(23)24)20-15(8-22)11-6-13(17)16(19)14(18)7-11/h2-7,9,15,20,22H,8H2,1H3. The van der Waals surface area contributed by atoms with Crippen molar-refractivity contribution in [2.24, 2.45) is 0 Å². The summed E-state index contributed by atoms with van der Waals surface area (Å²) in [7, 11) is 0. The number of hydrogen-bond donors (Lipinski definition) is 2. The quantitative estimate of drug-likeness (QED) is 0.480. The molecule has 2 unspecified atom stereocenters. The van der Waals surface area contributed by atoms with E-state index in [0.717, 1.165) is 12.1 Å². The van der Waals surface area contributed by atoms with E-state index in [-0.39, 0.29) is 17.3 Å². The van der Waals surface area contributed by atoms with Crippen molar-refractivity contribution in [2.75, 3.05) is 6.61 Å². The number of nitro benzene ring substituents is 1. The molecule has 0 aliphatic heterocycles. The highest BCUT2D eigenvalue weighted by Crippen LogP contribution is 2.24. The predicted molar refractivity (Wildman–Crippen MR) is 80.8 cm³/mol. The Kier molecular flexibility index (Phi) is 5.53. The van der Waals surface area contributed by atoms with Gasteiger partial charge in [0.2, 0.25) is 0 Å². The zero-order valence-corrected chi connectivity index (χ0v) is 12.7. The van der Waals surface area contributed by atoms with E-state index in [1.807, 2.05) is 0 Å². The van der Waals surface area contributed by atoms with Crippen molar-refractivity contribution < 1.29 is 23.2 Å². The third-order valence-electron chi connectivity index (χ3n) is 3.65. The molecule has 24 heavy (non-hydrogen) atoms. The first-order valence-corrected chi connectivity index (χ1v) is 7.09. The third kappa shape index (κ3) is 3.90. The first-order chi connectivity index (χ1) is 11.3. The molecule has 8 heteroatoms. The van der Waals surface area contributed by atoms with Gasteiger partial charge in [-0.25, -0.2) is 13.2 Å². The molecule has 0 spiro atoms. The average molecular weight is 340 g/mol. The maximum absolute atomic E-state index is 13.3. The minimum absolute atomic E-state index is 0.0580. The van der Waals surface area contributed by atoms with E-state index in [2.05, 4.69) is 5.32 Å². The van der Waals surface area contributed by atoms with Gasteiger partial charge in [-0.2, -0.15) is 0 Å². The molecule has 0 fully saturated rings. The molecule has 0 bridgehead atoms. The Hall–Kier alpha value is -2.45. The number of hydrogen-bond acceptors (Lipinski definition) is 4. The summed E-state index contributed by atoms with van der Waals surface area (Å²) >= 11 is 0. The monoisotopic (exact) mass is 340 g/mol. The summed E-state index contributed by atoms with van der Waals surface area (Å²) in [6.45, 7) is 1.25. The summed E-state index contributed by atoms with van der Waals surface area (Å²) in [5.74, 6) is -4.25. The van der Waals surface area contributed by atoms with Gasteiger partial charge in [-0.1, -0.05) is 12.1 Å². The van der Waals surface area contributed by atoms with Gasteiger partial charge in [0.15, 0.2) is 17.5 Å². The maximum Gasteiger partial charge on any atom is 0.269 e. The van der Waals surface area contributed by atoms with Gasteiger partial charge in [0.1, 0.15) is 0 Å². The van der Waals surface area contributed by atoms with Crippen LogP contribution in [-0.4, -0.2) is 16.6 Å². The number of aliphatic hydroxyl groups is 1. The molecule has 0 heterocycles. The zero-order valence-electron chi connectivity index (χ0n) is 12.7. The first-order valence-electron chi connectivity index (χ1n) is 7.09. The van der Waals surface area contributed by atoms with E-state index in [1.165, 1.54) is 24.3 Å². The van der Waals surface area contributed by atoms with Crippen LogP contribution in [-0.2, 0) is 0 Å². The predicted octanol–water partition coefficient (Wildman–Crippen LogP) is 3.40.